The van der Waals surface area contributed by atoms with Crippen LogP contribution in [0.1, 0.15) is 29.6 Å². The van der Waals surface area contributed by atoms with E-state index in [2.05, 4.69) is 26.1 Å². The molecule has 0 spiro atoms. The van der Waals surface area contributed by atoms with Crippen LogP contribution in [0.5, 0.6) is 5.75 Å². The van der Waals surface area contributed by atoms with Gasteiger partial charge >= 0.3 is 0 Å². The van der Waals surface area contributed by atoms with Crippen LogP contribution < -0.4 is 20.7 Å². The number of rotatable bonds is 4. The minimum Gasteiger partial charge on any atom is -0.496 e. The predicted molar refractivity (Wildman–Crippen MR) is 106 cm³/mol. The van der Waals surface area contributed by atoms with Crippen molar-refractivity contribution in [2.75, 3.05) is 36.1 Å². The first-order valence-electron chi connectivity index (χ1n) is 8.38. The maximum atomic E-state index is 12.4. The first-order valence-corrected chi connectivity index (χ1v) is 9.17. The number of amides is 1. The fourth-order valence-electron chi connectivity index (χ4n) is 3.07. The molecule has 1 amide bonds. The highest BCUT2D eigenvalue weighted by molar-refractivity contribution is 9.10. The molecule has 1 aliphatic heterocycles. The highest BCUT2D eigenvalue weighted by Gasteiger charge is 2.15. The van der Waals surface area contributed by atoms with E-state index < -0.39 is 0 Å². The van der Waals surface area contributed by atoms with Crippen LogP contribution in [-0.4, -0.2) is 26.1 Å². The summed E-state index contributed by atoms with van der Waals surface area (Å²) in [5.41, 5.74) is 9.19. The number of methoxy groups -OCH3 is 1. The molecule has 1 aliphatic rings. The van der Waals surface area contributed by atoms with Gasteiger partial charge in [0.15, 0.2) is 0 Å². The van der Waals surface area contributed by atoms with Crippen molar-refractivity contribution in [3.05, 3.63) is 46.4 Å². The van der Waals surface area contributed by atoms with Crippen LogP contribution >= 0.6 is 15.9 Å². The van der Waals surface area contributed by atoms with Crippen LogP contribution in [0.4, 0.5) is 17.1 Å². The van der Waals surface area contributed by atoms with E-state index in [1.54, 1.807) is 25.3 Å². The molecule has 6 heteroatoms. The summed E-state index contributed by atoms with van der Waals surface area (Å²) in [7, 11) is 1.59. The van der Waals surface area contributed by atoms with Gasteiger partial charge in [-0.2, -0.15) is 0 Å². The molecule has 3 N–H and O–H groups in total. The summed E-state index contributed by atoms with van der Waals surface area (Å²) in [5, 5.41) is 2.89. The summed E-state index contributed by atoms with van der Waals surface area (Å²) < 4.78 is 5.92. The molecule has 132 valence electrons. The quantitative estimate of drug-likeness (QED) is 0.747. The number of anilines is 3. The zero-order valence-electron chi connectivity index (χ0n) is 14.2. The summed E-state index contributed by atoms with van der Waals surface area (Å²) in [5.74, 6) is 0.500. The van der Waals surface area contributed by atoms with Gasteiger partial charge in [-0.05, 0) is 71.6 Å². The Hall–Kier alpha value is -2.21. The van der Waals surface area contributed by atoms with Crippen LogP contribution in [0.15, 0.2) is 40.9 Å². The summed E-state index contributed by atoms with van der Waals surface area (Å²) in [6.45, 7) is 2.07. The average Bonchev–Trinajstić information content (AvgIpc) is 2.62. The Labute approximate surface area is 156 Å². The van der Waals surface area contributed by atoms with Crippen LogP contribution in [0, 0.1) is 0 Å². The lowest BCUT2D eigenvalue weighted by Crippen LogP contribution is -2.30. The normalized spacial score (nSPS) is 14.2. The van der Waals surface area contributed by atoms with E-state index >= 15 is 0 Å². The molecule has 0 saturated carbocycles. The highest BCUT2D eigenvalue weighted by atomic mass is 79.9. The van der Waals surface area contributed by atoms with Gasteiger partial charge in [-0.1, -0.05) is 0 Å². The van der Waals surface area contributed by atoms with E-state index in [-0.39, 0.29) is 5.91 Å². The highest BCUT2D eigenvalue weighted by Crippen LogP contribution is 2.30. The molecule has 0 aromatic heterocycles. The molecular weight excluding hydrogens is 382 g/mol. The van der Waals surface area contributed by atoms with Crippen molar-refractivity contribution >= 4 is 38.9 Å². The summed E-state index contributed by atoms with van der Waals surface area (Å²) in [6, 6.07) is 10.9. The van der Waals surface area contributed by atoms with E-state index in [9.17, 15) is 4.79 Å². The maximum Gasteiger partial charge on any atom is 0.255 e. The Morgan fingerprint density at radius 1 is 1.16 bits per heavy atom. The van der Waals surface area contributed by atoms with Crippen LogP contribution in [0.3, 0.4) is 0 Å². The Kier molecular flexibility index (Phi) is 5.48. The third kappa shape index (κ3) is 4.07. The number of hydrogen-bond acceptors (Lipinski definition) is 4. The number of nitrogen functional groups attached to an aromatic ring is 1. The van der Waals surface area contributed by atoms with Gasteiger partial charge in [0, 0.05) is 24.3 Å². The fraction of sp³-hybridized carbons (Fsp3) is 0.316. The van der Waals surface area contributed by atoms with Crippen LogP contribution in [-0.2, 0) is 0 Å². The number of nitrogens with zero attached hydrogens (tertiary/aromatic N) is 1. The number of piperidine rings is 1. The average molecular weight is 404 g/mol. The van der Waals surface area contributed by atoms with E-state index in [1.165, 1.54) is 19.3 Å². The summed E-state index contributed by atoms with van der Waals surface area (Å²) in [6.07, 6.45) is 3.68. The van der Waals surface area contributed by atoms with E-state index in [4.69, 9.17) is 10.5 Å². The first-order chi connectivity index (χ1) is 12.1. The molecular formula is C19H22BrN3O2. The van der Waals surface area contributed by atoms with Crippen molar-refractivity contribution in [2.24, 2.45) is 0 Å². The minimum atomic E-state index is -0.187. The lowest BCUT2D eigenvalue weighted by molar-refractivity contribution is 0.102. The third-order valence-corrected chi connectivity index (χ3v) is 5.02. The van der Waals surface area contributed by atoms with Crippen molar-refractivity contribution in [1.29, 1.82) is 0 Å². The van der Waals surface area contributed by atoms with E-state index in [0.717, 1.165) is 23.2 Å². The predicted octanol–water partition coefficient (Wildman–Crippen LogP) is 4.28. The van der Waals surface area contributed by atoms with Crippen molar-refractivity contribution < 1.29 is 9.53 Å². The lowest BCUT2D eigenvalue weighted by atomic mass is 10.1. The van der Waals surface area contributed by atoms with Crippen molar-refractivity contribution in [1.82, 2.24) is 0 Å². The molecule has 2 aromatic carbocycles. The molecule has 25 heavy (non-hydrogen) atoms. The molecule has 1 saturated heterocycles. The second-order valence-electron chi connectivity index (χ2n) is 6.12. The number of benzene rings is 2. The Bertz CT molecular complexity index is 773. The molecule has 0 aliphatic carbocycles. The molecule has 0 unspecified atom stereocenters. The number of hydrogen-bond donors (Lipinski definition) is 2. The molecule has 3 rings (SSSR count). The minimum absolute atomic E-state index is 0.187. The summed E-state index contributed by atoms with van der Waals surface area (Å²) >= 11 is 3.40. The van der Waals surface area contributed by atoms with E-state index in [1.807, 2.05) is 18.2 Å². The molecule has 1 heterocycles. The smallest absolute Gasteiger partial charge is 0.255 e. The largest absolute Gasteiger partial charge is 0.496 e. The molecule has 2 aromatic rings. The molecule has 0 atom stereocenters. The van der Waals surface area contributed by atoms with Gasteiger partial charge in [-0.25, -0.2) is 0 Å². The van der Waals surface area contributed by atoms with Crippen molar-refractivity contribution in [3.8, 4) is 5.75 Å². The Morgan fingerprint density at radius 2 is 1.92 bits per heavy atom. The number of carbonyl (C=O) groups excluding carboxylic acids is 1. The molecule has 5 nitrogen and oxygen atoms in total. The SMILES string of the molecule is COc1ccc(C(=O)Nc2ccc(N3CCCCC3)c(N)c2)cc1Br. The van der Waals surface area contributed by atoms with Gasteiger partial charge in [-0.3, -0.25) is 4.79 Å². The van der Waals surface area contributed by atoms with E-state index in [0.29, 0.717) is 22.7 Å². The van der Waals surface area contributed by atoms with Gasteiger partial charge in [0.1, 0.15) is 5.75 Å². The van der Waals surface area contributed by atoms with Gasteiger partial charge in [0.25, 0.3) is 5.91 Å². The van der Waals surface area contributed by atoms with Crippen LogP contribution in [0.25, 0.3) is 0 Å². The number of nitrogens with two attached hydrogens (primary N) is 1. The second-order valence-corrected chi connectivity index (χ2v) is 6.98. The Balaban J connectivity index is 1.73. The topological polar surface area (TPSA) is 67.6 Å². The number of nitrogens with one attached hydrogen (secondary N) is 1. The molecule has 1 fully saturated rings. The van der Waals surface area contributed by atoms with Gasteiger partial charge in [-0.15, -0.1) is 0 Å². The van der Waals surface area contributed by atoms with Crippen molar-refractivity contribution in [3.63, 3.8) is 0 Å². The Morgan fingerprint density at radius 3 is 2.56 bits per heavy atom. The zero-order chi connectivity index (χ0) is 17.8. The number of ether oxygens (including phenoxy) is 1. The molecule has 0 radical (unpaired) electrons. The second kappa shape index (κ2) is 7.78. The lowest BCUT2D eigenvalue weighted by Gasteiger charge is -2.30. The monoisotopic (exact) mass is 403 g/mol. The fourth-order valence-corrected chi connectivity index (χ4v) is 3.61. The summed E-state index contributed by atoms with van der Waals surface area (Å²) in [4.78, 5) is 14.8. The van der Waals surface area contributed by atoms with Gasteiger partial charge in [0.05, 0.1) is 23.0 Å². The maximum absolute atomic E-state index is 12.4. The van der Waals surface area contributed by atoms with Crippen molar-refractivity contribution in [2.45, 2.75) is 19.3 Å². The number of halogens is 1. The standard InChI is InChI=1S/C19H22BrN3O2/c1-25-18-8-5-13(11-15(18)20)19(24)22-14-6-7-17(16(21)12-14)23-9-3-2-4-10-23/h5-8,11-12H,2-4,9-10,21H2,1H3,(H,22,24). The number of carbonyl (C=O) groups is 1. The van der Waals surface area contributed by atoms with Crippen LogP contribution in [0.2, 0.25) is 0 Å². The zero-order valence-corrected chi connectivity index (χ0v) is 15.8. The van der Waals surface area contributed by atoms with Gasteiger partial charge < -0.3 is 20.7 Å². The first kappa shape index (κ1) is 17.6. The van der Waals surface area contributed by atoms with Gasteiger partial charge in [0.2, 0.25) is 0 Å². The third-order valence-electron chi connectivity index (χ3n) is 4.40. The molecule has 0 bridgehead atoms.